The van der Waals surface area contributed by atoms with Gasteiger partial charge in [-0.05, 0) is 109 Å². The van der Waals surface area contributed by atoms with Crippen molar-refractivity contribution in [3.63, 3.8) is 0 Å². The van der Waals surface area contributed by atoms with Crippen molar-refractivity contribution < 1.29 is 19.1 Å². The third-order valence-corrected chi connectivity index (χ3v) is 6.74. The zero-order valence-corrected chi connectivity index (χ0v) is 26.5. The molecule has 2 unspecified atom stereocenters. The zero-order valence-electron chi connectivity index (χ0n) is 26.5. The summed E-state index contributed by atoms with van der Waals surface area (Å²) in [6, 6.07) is 9.87. The van der Waals surface area contributed by atoms with E-state index in [0.717, 1.165) is 27.9 Å². The van der Waals surface area contributed by atoms with Crippen LogP contribution in [0.2, 0.25) is 0 Å². The van der Waals surface area contributed by atoms with Crippen LogP contribution in [0.1, 0.15) is 95.7 Å². The van der Waals surface area contributed by atoms with E-state index >= 15 is 0 Å². The first-order valence-electron chi connectivity index (χ1n) is 14.1. The average molecular weight is 552 g/mol. The van der Waals surface area contributed by atoms with Crippen LogP contribution in [0.5, 0.6) is 0 Å². The number of anilines is 1. The van der Waals surface area contributed by atoms with Crippen molar-refractivity contribution >= 4 is 23.6 Å². The predicted octanol–water partition coefficient (Wildman–Crippen LogP) is 7.17. The molecule has 2 atom stereocenters. The van der Waals surface area contributed by atoms with Crippen molar-refractivity contribution in [3.8, 4) is 0 Å². The smallest absolute Gasteiger partial charge is 0.408 e. The van der Waals surface area contributed by atoms with E-state index in [0.29, 0.717) is 12.0 Å². The van der Waals surface area contributed by atoms with Crippen LogP contribution in [-0.2, 0) is 14.3 Å². The summed E-state index contributed by atoms with van der Waals surface area (Å²) in [5.41, 5.74) is 3.94. The van der Waals surface area contributed by atoms with Crippen molar-refractivity contribution in [2.75, 3.05) is 5.32 Å². The Morgan fingerprint density at radius 2 is 1.43 bits per heavy atom. The average Bonchev–Trinajstić information content (AvgIpc) is 2.78. The fourth-order valence-electron chi connectivity index (χ4n) is 4.71. The lowest BCUT2D eigenvalue weighted by Crippen LogP contribution is -2.58. The van der Waals surface area contributed by atoms with Gasteiger partial charge in [-0.1, -0.05) is 50.2 Å². The summed E-state index contributed by atoms with van der Waals surface area (Å²) in [5, 5.41) is 5.93. The van der Waals surface area contributed by atoms with E-state index in [9.17, 15) is 14.4 Å². The van der Waals surface area contributed by atoms with Gasteiger partial charge in [0.05, 0.1) is 0 Å². The summed E-state index contributed by atoms with van der Waals surface area (Å²) >= 11 is 0. The molecule has 2 rings (SSSR count). The standard InChI is InChI=1S/C33H49N3O4/c1-20(2)18-26(34-31(39)40-33(10,11)12)30(38)36(32(7,8)9)28(25-17-16-21(3)24(6)19-25)29(37)35-27-22(4)14-13-15-23(27)5/h13-17,19-20,26,28H,18H2,1-12H3,(H,34,39)(H,35,37). The Morgan fingerprint density at radius 3 is 1.90 bits per heavy atom. The zero-order chi connectivity index (χ0) is 30.6. The van der Waals surface area contributed by atoms with Gasteiger partial charge in [0.1, 0.15) is 17.7 Å². The SMILES string of the molecule is Cc1ccc(C(C(=O)Nc2c(C)cccc2C)N(C(=O)C(CC(C)C)NC(=O)OC(C)(C)C)C(C)(C)C)cc1C. The molecule has 0 saturated heterocycles. The first kappa shape index (κ1) is 32.9. The largest absolute Gasteiger partial charge is 0.444 e. The molecular formula is C33H49N3O4. The molecule has 0 fully saturated rings. The molecule has 0 spiro atoms. The summed E-state index contributed by atoms with van der Waals surface area (Å²) < 4.78 is 5.49. The molecule has 0 aliphatic carbocycles. The van der Waals surface area contributed by atoms with Crippen LogP contribution in [0.4, 0.5) is 10.5 Å². The fraction of sp³-hybridized carbons (Fsp3) is 0.545. The molecule has 7 nitrogen and oxygen atoms in total. The highest BCUT2D eigenvalue weighted by Crippen LogP contribution is 2.33. The fourth-order valence-corrected chi connectivity index (χ4v) is 4.71. The van der Waals surface area contributed by atoms with Gasteiger partial charge in [0.2, 0.25) is 5.91 Å². The topological polar surface area (TPSA) is 87.7 Å². The minimum atomic E-state index is -0.944. The molecule has 7 heteroatoms. The molecular weight excluding hydrogens is 502 g/mol. The van der Waals surface area contributed by atoms with E-state index in [1.165, 1.54) is 0 Å². The minimum Gasteiger partial charge on any atom is -0.444 e. The number of nitrogens with one attached hydrogen (secondary N) is 2. The molecule has 0 aromatic heterocycles. The molecule has 2 aromatic rings. The van der Waals surface area contributed by atoms with E-state index < -0.39 is 29.3 Å². The summed E-state index contributed by atoms with van der Waals surface area (Å²) in [6.45, 7) is 23.0. The predicted molar refractivity (Wildman–Crippen MR) is 162 cm³/mol. The highest BCUT2D eigenvalue weighted by atomic mass is 16.6. The molecule has 2 N–H and O–H groups in total. The molecule has 0 aliphatic heterocycles. The van der Waals surface area contributed by atoms with Crippen LogP contribution in [0.25, 0.3) is 0 Å². The van der Waals surface area contributed by atoms with E-state index in [1.807, 2.05) is 98.7 Å². The summed E-state index contributed by atoms with van der Waals surface area (Å²) in [7, 11) is 0. The number of nitrogens with zero attached hydrogens (tertiary/aromatic N) is 1. The quantitative estimate of drug-likeness (QED) is 0.364. The number of hydrogen-bond acceptors (Lipinski definition) is 4. The summed E-state index contributed by atoms with van der Waals surface area (Å²) in [5.74, 6) is -0.550. The molecule has 220 valence electrons. The van der Waals surface area contributed by atoms with Crippen LogP contribution < -0.4 is 10.6 Å². The second-order valence-electron chi connectivity index (χ2n) is 13.2. The molecule has 0 radical (unpaired) electrons. The van der Waals surface area contributed by atoms with Gasteiger partial charge in [-0.3, -0.25) is 9.59 Å². The van der Waals surface area contributed by atoms with Crippen LogP contribution in [0, 0.1) is 33.6 Å². The Bertz CT molecular complexity index is 1200. The summed E-state index contributed by atoms with van der Waals surface area (Å²) in [6.07, 6.45) is -0.272. The van der Waals surface area contributed by atoms with E-state index in [4.69, 9.17) is 4.74 Å². The van der Waals surface area contributed by atoms with Gasteiger partial charge in [0, 0.05) is 11.2 Å². The Labute approximate surface area is 241 Å². The van der Waals surface area contributed by atoms with E-state index in [2.05, 4.69) is 10.6 Å². The van der Waals surface area contributed by atoms with Crippen LogP contribution >= 0.6 is 0 Å². The molecule has 0 heterocycles. The van der Waals surface area contributed by atoms with Gasteiger partial charge < -0.3 is 20.3 Å². The number of carbonyl (C=O) groups excluding carboxylic acids is 3. The highest BCUT2D eigenvalue weighted by molar-refractivity contribution is 6.00. The van der Waals surface area contributed by atoms with Crippen molar-refractivity contribution in [2.24, 2.45) is 5.92 Å². The Kier molecular flexibility index (Phi) is 10.6. The van der Waals surface area contributed by atoms with Crippen molar-refractivity contribution in [3.05, 3.63) is 64.2 Å². The Hall–Kier alpha value is -3.35. The van der Waals surface area contributed by atoms with Gasteiger partial charge in [-0.15, -0.1) is 0 Å². The second kappa shape index (κ2) is 12.9. The van der Waals surface area contributed by atoms with E-state index in [-0.39, 0.29) is 17.7 Å². The number of alkyl carbamates (subject to hydrolysis) is 1. The Balaban J connectivity index is 2.67. The highest BCUT2D eigenvalue weighted by Gasteiger charge is 2.42. The number of amides is 3. The van der Waals surface area contributed by atoms with Crippen molar-refractivity contribution in [2.45, 2.75) is 113 Å². The third kappa shape index (κ3) is 8.83. The first-order valence-corrected chi connectivity index (χ1v) is 14.1. The maximum absolute atomic E-state index is 14.5. The lowest BCUT2D eigenvalue weighted by molar-refractivity contribution is -0.147. The number of rotatable bonds is 8. The summed E-state index contributed by atoms with van der Waals surface area (Å²) in [4.78, 5) is 43.1. The van der Waals surface area contributed by atoms with Crippen LogP contribution in [-0.4, -0.2) is 40.0 Å². The molecule has 3 amide bonds. The number of benzene rings is 2. The number of hydrogen-bond donors (Lipinski definition) is 2. The minimum absolute atomic E-state index is 0.106. The van der Waals surface area contributed by atoms with Gasteiger partial charge in [0.15, 0.2) is 0 Å². The van der Waals surface area contributed by atoms with Crippen molar-refractivity contribution in [1.29, 1.82) is 0 Å². The maximum Gasteiger partial charge on any atom is 0.408 e. The number of ether oxygens (including phenoxy) is 1. The lowest BCUT2D eigenvalue weighted by atomic mass is 9.92. The molecule has 2 aromatic carbocycles. The number of para-hydroxylation sites is 1. The van der Waals surface area contributed by atoms with Crippen molar-refractivity contribution in [1.82, 2.24) is 10.2 Å². The molecule has 0 aliphatic rings. The lowest BCUT2D eigenvalue weighted by Gasteiger charge is -2.43. The maximum atomic E-state index is 14.5. The Morgan fingerprint density at radius 1 is 0.850 bits per heavy atom. The monoisotopic (exact) mass is 551 g/mol. The van der Waals surface area contributed by atoms with Gasteiger partial charge in [-0.25, -0.2) is 4.79 Å². The second-order valence-corrected chi connectivity index (χ2v) is 13.2. The van der Waals surface area contributed by atoms with Crippen LogP contribution in [0.15, 0.2) is 36.4 Å². The third-order valence-electron chi connectivity index (χ3n) is 6.74. The van der Waals surface area contributed by atoms with Gasteiger partial charge in [-0.2, -0.15) is 0 Å². The normalized spacial score (nSPS) is 13.4. The molecule has 0 bridgehead atoms. The van der Waals surface area contributed by atoms with Gasteiger partial charge >= 0.3 is 6.09 Å². The first-order chi connectivity index (χ1) is 18.3. The number of carbonyl (C=O) groups is 3. The van der Waals surface area contributed by atoms with E-state index in [1.54, 1.807) is 25.7 Å². The van der Waals surface area contributed by atoms with Gasteiger partial charge in [0.25, 0.3) is 5.91 Å². The number of aryl methyl sites for hydroxylation is 4. The molecule has 40 heavy (non-hydrogen) atoms. The van der Waals surface area contributed by atoms with Crippen LogP contribution in [0.3, 0.4) is 0 Å². The molecule has 0 saturated carbocycles.